The van der Waals surface area contributed by atoms with E-state index in [0.29, 0.717) is 5.92 Å². The molecule has 3 atom stereocenters. The summed E-state index contributed by atoms with van der Waals surface area (Å²) in [5.74, 6) is 2.45. The molecule has 134 valence electrons. The fourth-order valence-corrected chi connectivity index (χ4v) is 4.65. The quantitative estimate of drug-likeness (QED) is 0.583. The van der Waals surface area contributed by atoms with Crippen LogP contribution in [0.1, 0.15) is 24.0 Å². The molecule has 4 nitrogen and oxygen atoms in total. The van der Waals surface area contributed by atoms with Gasteiger partial charge in [0.1, 0.15) is 6.17 Å². The van der Waals surface area contributed by atoms with Gasteiger partial charge in [0.15, 0.2) is 11.6 Å². The Balaban J connectivity index is 1.79. The molecular weight excluding hydrogens is 332 g/mol. The maximum absolute atomic E-state index is 4.74. The number of para-hydroxylation sites is 2. The van der Waals surface area contributed by atoms with Crippen LogP contribution in [-0.4, -0.2) is 16.1 Å². The predicted octanol–water partition coefficient (Wildman–Crippen LogP) is 5.32. The van der Waals surface area contributed by atoms with Gasteiger partial charge in [-0.05, 0) is 30.2 Å². The second-order valence-corrected chi connectivity index (χ2v) is 7.32. The Morgan fingerprint density at radius 3 is 2.15 bits per heavy atom. The third kappa shape index (κ3) is 2.16. The normalized spacial score (nSPS) is 22.8. The van der Waals surface area contributed by atoms with Gasteiger partial charge in [-0.1, -0.05) is 49.4 Å². The molecule has 4 heteroatoms. The molecule has 3 aromatic rings. The zero-order chi connectivity index (χ0) is 18.5. The molecular formula is C23H22N4. The molecule has 5 rings (SSSR count). The molecule has 0 saturated carbocycles. The highest BCUT2D eigenvalue weighted by atomic mass is 15.5. The molecule has 0 bridgehead atoms. The average Bonchev–Trinajstić information content (AvgIpc) is 3.05. The molecule has 0 amide bonds. The zero-order valence-corrected chi connectivity index (χ0v) is 15.6. The summed E-state index contributed by atoms with van der Waals surface area (Å²) in [7, 11) is 0. The van der Waals surface area contributed by atoms with Crippen molar-refractivity contribution in [2.45, 2.75) is 25.9 Å². The van der Waals surface area contributed by atoms with Crippen LogP contribution in [0.25, 0.3) is 0 Å². The van der Waals surface area contributed by atoms with Gasteiger partial charge in [0.2, 0.25) is 0 Å². The first-order chi connectivity index (χ1) is 13.2. The number of rotatable bonds is 2. The largest absolute Gasteiger partial charge is 0.301 e. The molecule has 3 unspecified atom stereocenters. The smallest absolute Gasteiger partial charge is 0.178 e. The lowest BCUT2D eigenvalue weighted by molar-refractivity contribution is 0.408. The molecule has 0 N–H and O–H groups in total. The van der Waals surface area contributed by atoms with Crippen molar-refractivity contribution in [3.05, 3.63) is 84.7 Å². The second kappa shape index (κ2) is 5.95. The van der Waals surface area contributed by atoms with Gasteiger partial charge >= 0.3 is 0 Å². The number of hydrogen-bond acceptors (Lipinski definition) is 4. The highest BCUT2D eigenvalue weighted by Gasteiger charge is 2.48. The fraction of sp³-hybridized carbons (Fsp3) is 0.217. The van der Waals surface area contributed by atoms with E-state index in [1.54, 1.807) is 12.4 Å². The van der Waals surface area contributed by atoms with Crippen molar-refractivity contribution in [3.63, 3.8) is 0 Å². The Labute approximate surface area is 159 Å². The SMILES string of the molecule is C=CC1c2ccccc2N2c3nccnc3N(c3ccccc3C)C2C1C. The standard InChI is InChI=1S/C23H22N4/c1-4-17-16(3)23-26(19-11-7-5-9-15(19)2)21-22(25-14-13-24-21)27(23)20-12-8-6-10-18(17)20/h4-14,16-17,23H,1H2,2-3H3. The van der Waals surface area contributed by atoms with Crippen molar-refractivity contribution in [3.8, 4) is 0 Å². The minimum atomic E-state index is 0.112. The Kier molecular flexibility index (Phi) is 3.54. The van der Waals surface area contributed by atoms with Crippen LogP contribution in [0.2, 0.25) is 0 Å². The summed E-state index contributed by atoms with van der Waals surface area (Å²) in [6, 6.07) is 17.1. The topological polar surface area (TPSA) is 32.3 Å². The molecule has 2 aliphatic rings. The van der Waals surface area contributed by atoms with Gasteiger partial charge in [0.05, 0.1) is 0 Å². The van der Waals surface area contributed by atoms with Crippen LogP contribution in [0, 0.1) is 12.8 Å². The number of anilines is 4. The van der Waals surface area contributed by atoms with Crippen LogP contribution >= 0.6 is 0 Å². The van der Waals surface area contributed by atoms with E-state index < -0.39 is 0 Å². The van der Waals surface area contributed by atoms with Crippen molar-refractivity contribution >= 4 is 23.0 Å². The molecule has 0 spiro atoms. The molecule has 2 aromatic carbocycles. The molecule has 27 heavy (non-hydrogen) atoms. The van der Waals surface area contributed by atoms with Crippen molar-refractivity contribution in [2.75, 3.05) is 9.80 Å². The number of hydrogen-bond donors (Lipinski definition) is 0. The molecule has 0 fully saturated rings. The lowest BCUT2D eigenvalue weighted by Crippen LogP contribution is -2.48. The Hall–Kier alpha value is -3.14. The number of nitrogens with zero attached hydrogens (tertiary/aromatic N) is 4. The van der Waals surface area contributed by atoms with E-state index in [1.807, 2.05) is 0 Å². The predicted molar refractivity (Wildman–Crippen MR) is 110 cm³/mol. The van der Waals surface area contributed by atoms with Crippen molar-refractivity contribution < 1.29 is 0 Å². The summed E-state index contributed by atoms with van der Waals surface area (Å²) in [5, 5.41) is 0. The van der Waals surface area contributed by atoms with E-state index >= 15 is 0 Å². The number of benzene rings is 2. The van der Waals surface area contributed by atoms with Gasteiger partial charge < -0.3 is 9.80 Å². The Morgan fingerprint density at radius 2 is 1.48 bits per heavy atom. The van der Waals surface area contributed by atoms with Gasteiger partial charge in [0, 0.05) is 35.6 Å². The van der Waals surface area contributed by atoms with Crippen molar-refractivity contribution in [1.82, 2.24) is 9.97 Å². The first-order valence-electron chi connectivity index (χ1n) is 9.39. The number of allylic oxidation sites excluding steroid dienone is 1. The molecule has 0 saturated heterocycles. The van der Waals surface area contributed by atoms with Gasteiger partial charge in [-0.25, -0.2) is 9.97 Å². The third-order valence-electron chi connectivity index (χ3n) is 5.87. The third-order valence-corrected chi connectivity index (χ3v) is 5.87. The average molecular weight is 354 g/mol. The van der Waals surface area contributed by atoms with E-state index in [2.05, 4.69) is 84.8 Å². The number of aryl methyl sites for hydroxylation is 1. The molecule has 2 aliphatic heterocycles. The van der Waals surface area contributed by atoms with Gasteiger partial charge in [-0.2, -0.15) is 0 Å². The van der Waals surface area contributed by atoms with Gasteiger partial charge in [0.25, 0.3) is 0 Å². The number of aromatic nitrogens is 2. The van der Waals surface area contributed by atoms with Crippen LogP contribution in [0.5, 0.6) is 0 Å². The van der Waals surface area contributed by atoms with Crippen molar-refractivity contribution in [1.29, 1.82) is 0 Å². The lowest BCUT2D eigenvalue weighted by atomic mass is 9.80. The van der Waals surface area contributed by atoms with Crippen LogP contribution in [0.3, 0.4) is 0 Å². The van der Waals surface area contributed by atoms with Crippen LogP contribution in [0.15, 0.2) is 73.6 Å². The molecule has 0 aliphatic carbocycles. The van der Waals surface area contributed by atoms with Crippen molar-refractivity contribution in [2.24, 2.45) is 5.92 Å². The minimum absolute atomic E-state index is 0.112. The summed E-state index contributed by atoms with van der Waals surface area (Å²) < 4.78 is 0. The first kappa shape index (κ1) is 16.1. The van der Waals surface area contributed by atoms with E-state index in [-0.39, 0.29) is 12.1 Å². The maximum atomic E-state index is 4.74. The van der Waals surface area contributed by atoms with Crippen LogP contribution < -0.4 is 9.80 Å². The van der Waals surface area contributed by atoms with E-state index in [1.165, 1.54) is 22.5 Å². The molecule has 0 radical (unpaired) electrons. The summed E-state index contributed by atoms with van der Waals surface area (Å²) >= 11 is 0. The molecule has 1 aromatic heterocycles. The molecule has 3 heterocycles. The number of fused-ring (bicyclic) bond motifs is 5. The Bertz CT molecular complexity index is 1030. The summed E-state index contributed by atoms with van der Waals surface area (Å²) in [6.07, 6.45) is 5.76. The highest BCUT2D eigenvalue weighted by molar-refractivity contribution is 5.86. The van der Waals surface area contributed by atoms with Crippen LogP contribution in [0.4, 0.5) is 23.0 Å². The fourth-order valence-electron chi connectivity index (χ4n) is 4.65. The van der Waals surface area contributed by atoms with E-state index in [4.69, 9.17) is 9.97 Å². The monoisotopic (exact) mass is 354 g/mol. The van der Waals surface area contributed by atoms with Crippen LogP contribution in [-0.2, 0) is 0 Å². The first-order valence-corrected chi connectivity index (χ1v) is 9.39. The maximum Gasteiger partial charge on any atom is 0.178 e. The van der Waals surface area contributed by atoms with Gasteiger partial charge in [-0.3, -0.25) is 0 Å². The van der Waals surface area contributed by atoms with E-state index in [0.717, 1.165) is 11.6 Å². The summed E-state index contributed by atoms with van der Waals surface area (Å²) in [4.78, 5) is 14.2. The second-order valence-electron chi connectivity index (χ2n) is 7.32. The highest BCUT2D eigenvalue weighted by Crippen LogP contribution is 2.54. The minimum Gasteiger partial charge on any atom is -0.301 e. The van der Waals surface area contributed by atoms with E-state index in [9.17, 15) is 0 Å². The zero-order valence-electron chi connectivity index (χ0n) is 15.6. The van der Waals surface area contributed by atoms with Gasteiger partial charge in [-0.15, -0.1) is 6.58 Å². The summed E-state index contributed by atoms with van der Waals surface area (Å²) in [5.41, 5.74) is 4.92. The lowest BCUT2D eigenvalue weighted by Gasteiger charge is -2.44. The summed E-state index contributed by atoms with van der Waals surface area (Å²) in [6.45, 7) is 8.60. The Morgan fingerprint density at radius 1 is 0.889 bits per heavy atom.